The molecule has 1 fully saturated rings. The quantitative estimate of drug-likeness (QED) is 0.918. The monoisotopic (exact) mass is 337 g/mol. The van der Waals surface area contributed by atoms with E-state index in [4.69, 9.17) is 5.73 Å². The first-order valence-corrected chi connectivity index (χ1v) is 6.60. The van der Waals surface area contributed by atoms with Crippen LogP contribution in [0.15, 0.2) is 24.3 Å². The topological polar surface area (TPSA) is 49.6 Å². The summed E-state index contributed by atoms with van der Waals surface area (Å²) in [6.07, 6.45) is 0.399. The number of hydrogen-bond acceptors (Lipinski definition) is 3. The van der Waals surface area contributed by atoms with Gasteiger partial charge >= 0.3 is 0 Å². The van der Waals surface area contributed by atoms with Crippen molar-refractivity contribution in [3.63, 3.8) is 0 Å². The highest BCUT2D eigenvalue weighted by molar-refractivity contribution is 5.85. The molecule has 2 rings (SSSR count). The third kappa shape index (κ3) is 5.69. The summed E-state index contributed by atoms with van der Waals surface area (Å²) in [5.41, 5.74) is 6.64. The Labute approximate surface area is 137 Å². The van der Waals surface area contributed by atoms with Gasteiger partial charge in [-0.25, -0.2) is 4.39 Å². The Morgan fingerprint density at radius 2 is 1.71 bits per heavy atom. The summed E-state index contributed by atoms with van der Waals surface area (Å²) in [5, 5.41) is 0. The third-order valence-corrected chi connectivity index (χ3v) is 3.32. The number of hydrogen-bond donors (Lipinski definition) is 1. The van der Waals surface area contributed by atoms with Crippen LogP contribution in [0.5, 0.6) is 0 Å². The molecule has 1 saturated heterocycles. The first-order valence-electron chi connectivity index (χ1n) is 6.60. The lowest BCUT2D eigenvalue weighted by Crippen LogP contribution is -2.49. The number of anilines is 1. The van der Waals surface area contributed by atoms with Crippen molar-refractivity contribution in [3.05, 3.63) is 30.1 Å². The van der Waals surface area contributed by atoms with Gasteiger partial charge in [0.15, 0.2) is 0 Å². The maximum atomic E-state index is 12.9. The van der Waals surface area contributed by atoms with Crippen molar-refractivity contribution in [1.82, 2.24) is 4.90 Å². The lowest BCUT2D eigenvalue weighted by molar-refractivity contribution is -0.131. The van der Waals surface area contributed by atoms with Crippen molar-refractivity contribution < 1.29 is 9.18 Å². The largest absolute Gasteiger partial charge is 0.368 e. The van der Waals surface area contributed by atoms with Gasteiger partial charge in [-0.05, 0) is 31.2 Å². The summed E-state index contributed by atoms with van der Waals surface area (Å²) in [6, 6.07) is 6.37. The highest BCUT2D eigenvalue weighted by Crippen LogP contribution is 2.17. The van der Waals surface area contributed by atoms with Crippen LogP contribution in [-0.4, -0.2) is 43.0 Å². The van der Waals surface area contributed by atoms with Crippen LogP contribution < -0.4 is 10.6 Å². The molecule has 1 heterocycles. The van der Waals surface area contributed by atoms with Crippen LogP contribution in [0.3, 0.4) is 0 Å². The van der Waals surface area contributed by atoms with Gasteiger partial charge in [-0.1, -0.05) is 0 Å². The van der Waals surface area contributed by atoms with Gasteiger partial charge < -0.3 is 15.5 Å². The van der Waals surface area contributed by atoms with E-state index in [1.807, 2.05) is 11.8 Å². The molecule has 1 aliphatic rings. The molecular weight excluding hydrogens is 316 g/mol. The lowest BCUT2D eigenvalue weighted by atomic mass is 10.2. The number of carbonyl (C=O) groups is 1. The normalized spacial score (nSPS) is 15.8. The number of benzene rings is 1. The molecule has 0 aliphatic carbocycles. The zero-order chi connectivity index (χ0) is 13.8. The van der Waals surface area contributed by atoms with Gasteiger partial charge in [-0.3, -0.25) is 4.79 Å². The average molecular weight is 338 g/mol. The fourth-order valence-corrected chi connectivity index (χ4v) is 2.27. The summed E-state index contributed by atoms with van der Waals surface area (Å²) < 4.78 is 12.9. The van der Waals surface area contributed by atoms with Gasteiger partial charge in [-0.15, -0.1) is 24.8 Å². The zero-order valence-electron chi connectivity index (χ0n) is 12.0. The molecule has 21 heavy (non-hydrogen) atoms. The van der Waals surface area contributed by atoms with Gasteiger partial charge in [0.25, 0.3) is 0 Å². The molecule has 7 heteroatoms. The number of rotatable bonds is 3. The fourth-order valence-electron chi connectivity index (χ4n) is 2.27. The molecule has 0 aromatic heterocycles. The summed E-state index contributed by atoms with van der Waals surface area (Å²) >= 11 is 0. The van der Waals surface area contributed by atoms with E-state index in [0.29, 0.717) is 19.5 Å². The molecule has 0 spiro atoms. The van der Waals surface area contributed by atoms with Gasteiger partial charge in [0, 0.05) is 44.3 Å². The minimum atomic E-state index is -0.227. The van der Waals surface area contributed by atoms with E-state index in [0.717, 1.165) is 18.8 Å². The second-order valence-corrected chi connectivity index (χ2v) is 5.03. The third-order valence-electron chi connectivity index (χ3n) is 3.32. The van der Waals surface area contributed by atoms with E-state index >= 15 is 0 Å². The van der Waals surface area contributed by atoms with Crippen LogP contribution in [0.25, 0.3) is 0 Å². The van der Waals surface area contributed by atoms with Crippen molar-refractivity contribution >= 4 is 36.4 Å². The number of nitrogens with zero attached hydrogens (tertiary/aromatic N) is 2. The van der Waals surface area contributed by atoms with Gasteiger partial charge in [-0.2, -0.15) is 0 Å². The molecule has 1 amide bonds. The van der Waals surface area contributed by atoms with Crippen molar-refractivity contribution in [2.24, 2.45) is 5.73 Å². The van der Waals surface area contributed by atoms with Crippen molar-refractivity contribution in [2.75, 3.05) is 31.1 Å². The molecule has 0 bridgehead atoms. The summed E-state index contributed by atoms with van der Waals surface area (Å²) in [4.78, 5) is 15.9. The minimum Gasteiger partial charge on any atom is -0.368 e. The Morgan fingerprint density at radius 3 is 2.19 bits per heavy atom. The summed E-state index contributed by atoms with van der Waals surface area (Å²) in [6.45, 7) is 4.78. The standard InChI is InChI=1S/C14H20FN3O.2ClH/c1-11(16)10-14(19)18-8-6-17(7-9-18)13-4-2-12(15)3-5-13;;/h2-5,11H,6-10,16H2,1H3;2*1H. The smallest absolute Gasteiger partial charge is 0.224 e. The van der Waals surface area contributed by atoms with E-state index < -0.39 is 0 Å². The number of piperazine rings is 1. The number of amides is 1. The van der Waals surface area contributed by atoms with Crippen LogP contribution in [0.4, 0.5) is 10.1 Å². The van der Waals surface area contributed by atoms with Gasteiger partial charge in [0.05, 0.1) is 0 Å². The van der Waals surface area contributed by atoms with E-state index in [9.17, 15) is 9.18 Å². The van der Waals surface area contributed by atoms with E-state index in [1.165, 1.54) is 12.1 Å². The molecule has 1 aliphatic heterocycles. The lowest BCUT2D eigenvalue weighted by Gasteiger charge is -2.36. The van der Waals surface area contributed by atoms with Crippen molar-refractivity contribution in [1.29, 1.82) is 0 Å². The van der Waals surface area contributed by atoms with E-state index in [-0.39, 0.29) is 42.6 Å². The summed E-state index contributed by atoms with van der Waals surface area (Å²) in [5.74, 6) is -0.108. The average Bonchev–Trinajstić information content (AvgIpc) is 2.39. The second kappa shape index (κ2) is 9.07. The Balaban J connectivity index is 0.00000200. The number of halogens is 3. The molecule has 120 valence electrons. The van der Waals surface area contributed by atoms with Crippen molar-refractivity contribution in [3.8, 4) is 0 Å². The van der Waals surface area contributed by atoms with Crippen LogP contribution in [0.1, 0.15) is 13.3 Å². The first-order chi connectivity index (χ1) is 9.06. The number of carbonyl (C=O) groups excluding carboxylic acids is 1. The molecular formula is C14H22Cl2FN3O. The molecule has 1 aromatic rings. The number of nitrogens with two attached hydrogens (primary N) is 1. The highest BCUT2D eigenvalue weighted by Gasteiger charge is 2.21. The minimum absolute atomic E-state index is 0. The zero-order valence-corrected chi connectivity index (χ0v) is 13.6. The van der Waals surface area contributed by atoms with Gasteiger partial charge in [0.2, 0.25) is 5.91 Å². The molecule has 4 nitrogen and oxygen atoms in total. The Morgan fingerprint density at radius 1 is 1.19 bits per heavy atom. The molecule has 1 unspecified atom stereocenters. The van der Waals surface area contributed by atoms with Crippen LogP contribution in [0, 0.1) is 5.82 Å². The Hall–Kier alpha value is -1.04. The van der Waals surface area contributed by atoms with Crippen LogP contribution in [0.2, 0.25) is 0 Å². The highest BCUT2D eigenvalue weighted by atomic mass is 35.5. The predicted molar refractivity (Wildman–Crippen MR) is 88.0 cm³/mol. The van der Waals surface area contributed by atoms with Crippen molar-refractivity contribution in [2.45, 2.75) is 19.4 Å². The maximum Gasteiger partial charge on any atom is 0.224 e. The molecule has 2 N–H and O–H groups in total. The predicted octanol–water partition coefficient (Wildman–Crippen LogP) is 2.06. The Bertz CT molecular complexity index is 434. The maximum absolute atomic E-state index is 12.9. The van der Waals surface area contributed by atoms with E-state index in [2.05, 4.69) is 4.90 Å². The Kier molecular flexibility index (Phi) is 8.63. The second-order valence-electron chi connectivity index (χ2n) is 5.03. The molecule has 0 radical (unpaired) electrons. The van der Waals surface area contributed by atoms with Crippen LogP contribution >= 0.6 is 24.8 Å². The van der Waals surface area contributed by atoms with E-state index in [1.54, 1.807) is 12.1 Å². The first kappa shape index (κ1) is 20.0. The SMILES string of the molecule is CC(N)CC(=O)N1CCN(c2ccc(F)cc2)CC1.Cl.Cl. The molecule has 1 atom stereocenters. The summed E-state index contributed by atoms with van der Waals surface area (Å²) in [7, 11) is 0. The fraction of sp³-hybridized carbons (Fsp3) is 0.500. The van der Waals surface area contributed by atoms with Crippen LogP contribution in [-0.2, 0) is 4.79 Å². The van der Waals surface area contributed by atoms with Gasteiger partial charge in [0.1, 0.15) is 5.82 Å². The molecule has 0 saturated carbocycles. The molecule has 1 aromatic carbocycles.